The van der Waals surface area contributed by atoms with Crippen LogP contribution in [0.2, 0.25) is 0 Å². The number of carbonyl (C=O) groups excluding carboxylic acids is 1. The second-order valence-electron chi connectivity index (χ2n) is 8.52. The fourth-order valence-corrected chi connectivity index (χ4v) is 4.51. The standard InChI is InChI=1S/C25H24N8O2/c26-14-17-4-1-2-5-19(17)33-20-10-13-29-24(34)21(20)22(32-33)31-18-8-6-16(7-9-18)15-30-25(35)23-27-11-3-12-28-23/h3,6-13,17,19H,1-2,4-5,15H2,(H,29,34)(H,30,35)(H,31,32). The van der Waals surface area contributed by atoms with Crippen molar-refractivity contribution in [2.75, 3.05) is 5.32 Å². The SMILES string of the molecule is N#CC1CCCCC1n1nc(Nc2ccc(CNC(=O)c3ncccn3)cc2)c2c(=O)[nH]ccc21. The molecule has 3 aromatic heterocycles. The number of amides is 1. The van der Waals surface area contributed by atoms with Crippen LogP contribution in [-0.4, -0.2) is 30.6 Å². The number of nitrogens with zero attached hydrogens (tertiary/aromatic N) is 5. The zero-order valence-corrected chi connectivity index (χ0v) is 18.9. The van der Waals surface area contributed by atoms with E-state index in [4.69, 9.17) is 5.10 Å². The lowest BCUT2D eigenvalue weighted by molar-refractivity contribution is 0.0940. The number of aromatic nitrogens is 5. The fraction of sp³-hybridized carbons (Fsp3) is 0.280. The molecule has 35 heavy (non-hydrogen) atoms. The third-order valence-electron chi connectivity index (χ3n) is 6.28. The summed E-state index contributed by atoms with van der Waals surface area (Å²) in [5.74, 6) is 0.0960. The molecule has 3 N–H and O–H groups in total. The van der Waals surface area contributed by atoms with Crippen molar-refractivity contribution in [3.8, 4) is 6.07 Å². The molecule has 0 spiro atoms. The molecule has 0 saturated heterocycles. The molecule has 2 unspecified atom stereocenters. The fourth-order valence-electron chi connectivity index (χ4n) is 4.51. The Morgan fingerprint density at radius 1 is 1.14 bits per heavy atom. The predicted octanol–water partition coefficient (Wildman–Crippen LogP) is 3.44. The maximum Gasteiger partial charge on any atom is 0.289 e. The number of nitriles is 1. The molecule has 10 heteroatoms. The van der Waals surface area contributed by atoms with Gasteiger partial charge in [0.05, 0.1) is 23.5 Å². The van der Waals surface area contributed by atoms with Crippen LogP contribution in [0.1, 0.15) is 47.9 Å². The summed E-state index contributed by atoms with van der Waals surface area (Å²) in [5, 5.41) is 20.9. The van der Waals surface area contributed by atoms with Gasteiger partial charge in [0, 0.05) is 30.8 Å². The van der Waals surface area contributed by atoms with E-state index < -0.39 is 0 Å². The monoisotopic (exact) mass is 468 g/mol. The van der Waals surface area contributed by atoms with Crippen molar-refractivity contribution < 1.29 is 4.79 Å². The first-order chi connectivity index (χ1) is 17.1. The molecule has 176 valence electrons. The average Bonchev–Trinajstić information content (AvgIpc) is 3.27. The lowest BCUT2D eigenvalue weighted by atomic mass is 9.85. The third-order valence-corrected chi connectivity index (χ3v) is 6.28. The second kappa shape index (κ2) is 9.77. The first-order valence-corrected chi connectivity index (χ1v) is 11.5. The Kier molecular flexibility index (Phi) is 6.22. The van der Waals surface area contributed by atoms with Gasteiger partial charge in [-0.05, 0) is 42.7 Å². The van der Waals surface area contributed by atoms with Gasteiger partial charge < -0.3 is 15.6 Å². The van der Waals surface area contributed by atoms with Gasteiger partial charge in [0.1, 0.15) is 5.39 Å². The van der Waals surface area contributed by atoms with Crippen molar-refractivity contribution in [2.24, 2.45) is 5.92 Å². The van der Waals surface area contributed by atoms with Gasteiger partial charge in [-0.2, -0.15) is 10.4 Å². The van der Waals surface area contributed by atoms with E-state index >= 15 is 0 Å². The molecule has 0 radical (unpaired) electrons. The second-order valence-corrected chi connectivity index (χ2v) is 8.52. The van der Waals surface area contributed by atoms with E-state index in [0.717, 1.165) is 36.9 Å². The molecule has 0 aliphatic heterocycles. The number of H-pyrrole nitrogens is 1. The highest BCUT2D eigenvalue weighted by Gasteiger charge is 2.29. The van der Waals surface area contributed by atoms with Crippen molar-refractivity contribution in [1.82, 2.24) is 30.0 Å². The number of aromatic amines is 1. The van der Waals surface area contributed by atoms with E-state index in [9.17, 15) is 14.9 Å². The maximum absolute atomic E-state index is 12.7. The number of benzene rings is 1. The highest BCUT2D eigenvalue weighted by molar-refractivity contribution is 5.91. The van der Waals surface area contributed by atoms with E-state index in [2.05, 4.69) is 31.7 Å². The van der Waals surface area contributed by atoms with Crippen LogP contribution in [-0.2, 0) is 6.54 Å². The maximum atomic E-state index is 12.7. The van der Waals surface area contributed by atoms with E-state index in [1.807, 2.05) is 35.0 Å². The third kappa shape index (κ3) is 4.61. The summed E-state index contributed by atoms with van der Waals surface area (Å²) in [6.07, 6.45) is 8.41. The topological polar surface area (TPSA) is 141 Å². The summed E-state index contributed by atoms with van der Waals surface area (Å²) in [6, 6.07) is 13.3. The van der Waals surface area contributed by atoms with Gasteiger partial charge in [0.15, 0.2) is 5.82 Å². The summed E-state index contributed by atoms with van der Waals surface area (Å²) in [5.41, 5.74) is 2.13. The van der Waals surface area contributed by atoms with Crippen molar-refractivity contribution in [1.29, 1.82) is 5.26 Å². The lowest BCUT2D eigenvalue weighted by Crippen LogP contribution is -2.24. The number of carbonyl (C=O) groups is 1. The Morgan fingerprint density at radius 3 is 2.69 bits per heavy atom. The van der Waals surface area contributed by atoms with Gasteiger partial charge in [0.25, 0.3) is 11.5 Å². The number of hydrogen-bond acceptors (Lipinski definition) is 7. The quantitative estimate of drug-likeness (QED) is 0.393. The summed E-state index contributed by atoms with van der Waals surface area (Å²) in [7, 11) is 0. The number of pyridine rings is 1. The summed E-state index contributed by atoms with van der Waals surface area (Å²) < 4.78 is 1.84. The van der Waals surface area contributed by atoms with Crippen LogP contribution in [0, 0.1) is 17.2 Å². The minimum atomic E-state index is -0.345. The Hall–Kier alpha value is -4.52. The molecule has 1 fully saturated rings. The largest absolute Gasteiger partial charge is 0.345 e. The molecule has 5 rings (SSSR count). The van der Waals surface area contributed by atoms with Gasteiger partial charge >= 0.3 is 0 Å². The van der Waals surface area contributed by atoms with Gasteiger partial charge in [-0.25, -0.2) is 9.97 Å². The predicted molar refractivity (Wildman–Crippen MR) is 130 cm³/mol. The van der Waals surface area contributed by atoms with E-state index in [-0.39, 0.29) is 29.3 Å². The molecule has 1 amide bonds. The first-order valence-electron chi connectivity index (χ1n) is 11.5. The molecule has 0 bridgehead atoms. The van der Waals surface area contributed by atoms with Crippen molar-refractivity contribution in [3.63, 3.8) is 0 Å². The van der Waals surface area contributed by atoms with Crippen LogP contribution in [0.15, 0.2) is 59.8 Å². The van der Waals surface area contributed by atoms with Crippen LogP contribution in [0.4, 0.5) is 11.5 Å². The Bertz CT molecular complexity index is 1440. The van der Waals surface area contributed by atoms with Gasteiger partial charge in [-0.3, -0.25) is 14.3 Å². The van der Waals surface area contributed by atoms with Crippen LogP contribution < -0.4 is 16.2 Å². The van der Waals surface area contributed by atoms with Crippen molar-refractivity contribution in [2.45, 2.75) is 38.3 Å². The Balaban J connectivity index is 1.35. The first kappa shape index (κ1) is 22.3. The minimum absolute atomic E-state index is 0.0619. The molecule has 1 saturated carbocycles. The van der Waals surface area contributed by atoms with Crippen LogP contribution in [0.3, 0.4) is 0 Å². The molecule has 3 heterocycles. The zero-order chi connectivity index (χ0) is 24.2. The van der Waals surface area contributed by atoms with E-state index in [0.29, 0.717) is 23.3 Å². The highest BCUT2D eigenvalue weighted by Crippen LogP contribution is 2.36. The average molecular weight is 469 g/mol. The van der Waals surface area contributed by atoms with Crippen molar-refractivity contribution in [3.05, 3.63) is 76.7 Å². The number of fused-ring (bicyclic) bond motifs is 1. The van der Waals surface area contributed by atoms with Gasteiger partial charge in [-0.15, -0.1) is 0 Å². The molecule has 4 aromatic rings. The van der Waals surface area contributed by atoms with Crippen LogP contribution in [0.25, 0.3) is 10.9 Å². The van der Waals surface area contributed by atoms with Gasteiger partial charge in [-0.1, -0.05) is 25.0 Å². The number of anilines is 2. The summed E-state index contributed by atoms with van der Waals surface area (Å²) >= 11 is 0. The number of nitrogens with one attached hydrogen (secondary N) is 3. The van der Waals surface area contributed by atoms with Crippen LogP contribution >= 0.6 is 0 Å². The van der Waals surface area contributed by atoms with Crippen LogP contribution in [0.5, 0.6) is 0 Å². The molecule has 1 aromatic carbocycles. The zero-order valence-electron chi connectivity index (χ0n) is 18.9. The van der Waals surface area contributed by atoms with Gasteiger partial charge in [0.2, 0.25) is 5.82 Å². The summed E-state index contributed by atoms with van der Waals surface area (Å²) in [4.78, 5) is 35.5. The molecule has 1 aliphatic rings. The Labute approximate surface area is 201 Å². The molecular weight excluding hydrogens is 444 g/mol. The molecule has 2 atom stereocenters. The van der Waals surface area contributed by atoms with Crippen molar-refractivity contribution >= 4 is 28.3 Å². The number of hydrogen-bond donors (Lipinski definition) is 3. The van der Waals surface area contributed by atoms with E-state index in [1.165, 1.54) is 12.4 Å². The number of rotatable bonds is 6. The summed E-state index contributed by atoms with van der Waals surface area (Å²) in [6.45, 7) is 0.325. The molecule has 10 nitrogen and oxygen atoms in total. The lowest BCUT2D eigenvalue weighted by Gasteiger charge is -2.27. The normalized spacial score (nSPS) is 17.6. The highest BCUT2D eigenvalue weighted by atomic mass is 16.2. The molecule has 1 aliphatic carbocycles. The van der Waals surface area contributed by atoms with E-state index in [1.54, 1.807) is 12.3 Å². The molecular formula is C25H24N8O2. The smallest absolute Gasteiger partial charge is 0.289 e. The minimum Gasteiger partial charge on any atom is -0.345 e. The Morgan fingerprint density at radius 2 is 1.91 bits per heavy atom.